The Morgan fingerprint density at radius 3 is 2.65 bits per heavy atom. The van der Waals surface area contributed by atoms with E-state index in [4.69, 9.17) is 10.3 Å². The lowest BCUT2D eigenvalue weighted by atomic mass is 9.65. The molecule has 1 heterocycles. The van der Waals surface area contributed by atoms with E-state index in [1.165, 1.54) is 13.5 Å². The summed E-state index contributed by atoms with van der Waals surface area (Å²) in [7, 11) is 1.37. The van der Waals surface area contributed by atoms with Crippen molar-refractivity contribution >= 4 is 5.97 Å². The van der Waals surface area contributed by atoms with Crippen LogP contribution in [-0.4, -0.2) is 23.2 Å². The first-order valence-corrected chi connectivity index (χ1v) is 8.49. The van der Waals surface area contributed by atoms with E-state index in [1.807, 2.05) is 0 Å². The molecule has 0 amide bonds. The van der Waals surface area contributed by atoms with Gasteiger partial charge >= 0.3 is 5.97 Å². The van der Waals surface area contributed by atoms with Crippen molar-refractivity contribution < 1.29 is 14.1 Å². The Balaban J connectivity index is 1.97. The first-order valence-electron chi connectivity index (χ1n) is 8.49. The molecule has 0 aliphatic heterocycles. The predicted molar refractivity (Wildman–Crippen MR) is 86.5 cm³/mol. The average Bonchev–Trinajstić information content (AvgIpc) is 3.03. The number of aryl methyl sites for hydroxylation is 1. The first-order chi connectivity index (χ1) is 10.8. The van der Waals surface area contributed by atoms with Gasteiger partial charge in [-0.15, -0.1) is 0 Å². The Bertz CT molecular complexity index is 531. The summed E-state index contributed by atoms with van der Waals surface area (Å²) in [6, 6.07) is 0. The highest BCUT2D eigenvalue weighted by atomic mass is 16.5. The molecule has 6 heteroatoms. The molecule has 0 atom stereocenters. The van der Waals surface area contributed by atoms with E-state index >= 15 is 0 Å². The molecule has 0 radical (unpaired) electrons. The van der Waals surface area contributed by atoms with E-state index in [2.05, 4.69) is 35.6 Å². The molecule has 23 heavy (non-hydrogen) atoms. The molecule has 0 unspecified atom stereocenters. The molecule has 2 N–H and O–H groups in total. The van der Waals surface area contributed by atoms with Crippen LogP contribution in [0.5, 0.6) is 0 Å². The summed E-state index contributed by atoms with van der Waals surface area (Å²) in [5, 5.41) is 4.06. The van der Waals surface area contributed by atoms with Gasteiger partial charge in [-0.05, 0) is 37.0 Å². The van der Waals surface area contributed by atoms with Gasteiger partial charge in [-0.2, -0.15) is 4.98 Å². The molecule has 130 valence electrons. The molecule has 0 spiro atoms. The highest BCUT2D eigenvalue weighted by molar-refractivity contribution is 5.69. The number of hydrogen-bond donors (Lipinski definition) is 1. The fourth-order valence-electron chi connectivity index (χ4n) is 3.30. The normalized spacial score (nSPS) is 25.3. The van der Waals surface area contributed by atoms with Crippen LogP contribution in [0.25, 0.3) is 0 Å². The van der Waals surface area contributed by atoms with Gasteiger partial charge in [-0.3, -0.25) is 4.79 Å². The zero-order valence-corrected chi connectivity index (χ0v) is 14.7. The number of nitrogens with two attached hydrogens (primary N) is 1. The number of esters is 1. The lowest BCUT2D eigenvalue weighted by Crippen LogP contribution is -2.43. The molecule has 1 saturated carbocycles. The van der Waals surface area contributed by atoms with Crippen LogP contribution in [-0.2, 0) is 21.5 Å². The monoisotopic (exact) mass is 323 g/mol. The third-order valence-electron chi connectivity index (χ3n) is 5.58. The van der Waals surface area contributed by atoms with Crippen molar-refractivity contribution in [2.45, 2.75) is 71.3 Å². The molecular weight excluding hydrogens is 294 g/mol. The second kappa shape index (κ2) is 6.99. The van der Waals surface area contributed by atoms with Crippen LogP contribution < -0.4 is 5.73 Å². The zero-order valence-electron chi connectivity index (χ0n) is 14.7. The molecule has 1 fully saturated rings. The fourth-order valence-corrected chi connectivity index (χ4v) is 3.30. The Kier molecular flexibility index (Phi) is 5.45. The third kappa shape index (κ3) is 4.10. The molecule has 2 rings (SSSR count). The van der Waals surface area contributed by atoms with Crippen LogP contribution in [0.3, 0.4) is 0 Å². The lowest BCUT2D eigenvalue weighted by Gasteiger charge is -2.41. The van der Waals surface area contributed by atoms with Crippen molar-refractivity contribution in [3.8, 4) is 0 Å². The van der Waals surface area contributed by atoms with Crippen molar-refractivity contribution in [2.24, 2.45) is 17.1 Å². The average molecular weight is 323 g/mol. The van der Waals surface area contributed by atoms with Crippen LogP contribution in [0.15, 0.2) is 4.52 Å². The Hall–Kier alpha value is -1.43. The molecule has 6 nitrogen and oxygen atoms in total. The molecule has 0 aromatic carbocycles. The second-order valence-electron chi connectivity index (χ2n) is 7.36. The summed E-state index contributed by atoms with van der Waals surface area (Å²) in [5.41, 5.74) is 6.39. The maximum Gasteiger partial charge on any atom is 0.306 e. The van der Waals surface area contributed by atoms with Gasteiger partial charge in [0.15, 0.2) is 5.82 Å². The van der Waals surface area contributed by atoms with Crippen molar-refractivity contribution in [1.82, 2.24) is 10.1 Å². The van der Waals surface area contributed by atoms with Crippen LogP contribution in [0, 0.1) is 11.3 Å². The van der Waals surface area contributed by atoms with E-state index in [-0.39, 0.29) is 12.4 Å². The summed E-state index contributed by atoms with van der Waals surface area (Å²) < 4.78 is 9.86. The van der Waals surface area contributed by atoms with Gasteiger partial charge in [0.1, 0.15) is 0 Å². The minimum atomic E-state index is -0.507. The molecular formula is C17H29N3O3. The topological polar surface area (TPSA) is 91.2 Å². The number of aromatic nitrogens is 2. The predicted octanol–water partition coefficient (Wildman–Crippen LogP) is 2.96. The summed E-state index contributed by atoms with van der Waals surface area (Å²) in [6.07, 6.45) is 5.72. The van der Waals surface area contributed by atoms with Crippen molar-refractivity contribution in [2.75, 3.05) is 7.11 Å². The highest BCUT2D eigenvalue weighted by Crippen LogP contribution is 2.45. The molecule has 0 bridgehead atoms. The van der Waals surface area contributed by atoms with Crippen LogP contribution in [0.1, 0.15) is 71.0 Å². The number of methoxy groups -OCH3 is 1. The third-order valence-corrected chi connectivity index (χ3v) is 5.58. The Morgan fingerprint density at radius 2 is 2.09 bits per heavy atom. The number of rotatable bonds is 6. The molecule has 0 saturated heterocycles. The van der Waals surface area contributed by atoms with Crippen LogP contribution >= 0.6 is 0 Å². The van der Waals surface area contributed by atoms with Gasteiger partial charge < -0.3 is 15.0 Å². The van der Waals surface area contributed by atoms with Crippen molar-refractivity contribution in [3.63, 3.8) is 0 Å². The second-order valence-corrected chi connectivity index (χ2v) is 7.36. The van der Waals surface area contributed by atoms with Gasteiger partial charge in [0.2, 0.25) is 5.89 Å². The summed E-state index contributed by atoms with van der Waals surface area (Å²) in [6.45, 7) is 6.91. The molecule has 1 aliphatic rings. The smallest absolute Gasteiger partial charge is 0.306 e. The largest absolute Gasteiger partial charge is 0.469 e. The minimum absolute atomic E-state index is 0.239. The first kappa shape index (κ1) is 17.9. The van der Waals surface area contributed by atoms with Gasteiger partial charge in [0.05, 0.1) is 19.1 Å². The van der Waals surface area contributed by atoms with Crippen LogP contribution in [0.4, 0.5) is 0 Å². The SMILES string of the molecule is CCC(C)(C)C1CCC(N)(c2noc(CCC(=O)OC)n2)CC1. The van der Waals surface area contributed by atoms with Crippen LogP contribution in [0.2, 0.25) is 0 Å². The van der Waals surface area contributed by atoms with Gasteiger partial charge in [-0.25, -0.2) is 0 Å². The molecule has 1 aliphatic carbocycles. The zero-order chi connectivity index (χ0) is 17.1. The number of carbonyl (C=O) groups is 1. The van der Waals surface area contributed by atoms with E-state index in [0.717, 1.165) is 25.7 Å². The van der Waals surface area contributed by atoms with Gasteiger partial charge in [0, 0.05) is 6.42 Å². The number of nitrogens with zero attached hydrogens (tertiary/aromatic N) is 2. The summed E-state index contributed by atoms with van der Waals surface area (Å²) in [4.78, 5) is 15.6. The summed E-state index contributed by atoms with van der Waals surface area (Å²) in [5.74, 6) is 1.43. The van der Waals surface area contributed by atoms with E-state index in [9.17, 15) is 4.79 Å². The van der Waals surface area contributed by atoms with Crippen molar-refractivity contribution in [1.29, 1.82) is 0 Å². The Labute approximate surface area is 138 Å². The van der Waals surface area contributed by atoms with E-state index < -0.39 is 5.54 Å². The number of hydrogen-bond acceptors (Lipinski definition) is 6. The van der Waals surface area contributed by atoms with Gasteiger partial charge in [0.25, 0.3) is 0 Å². The molecule has 1 aromatic rings. The molecule has 1 aromatic heterocycles. The standard InChI is InChI=1S/C17H29N3O3/c1-5-16(2,3)12-8-10-17(18,11-9-12)15-19-13(23-20-15)6-7-14(21)22-4/h12H,5-11,18H2,1-4H3. The van der Waals surface area contributed by atoms with E-state index in [0.29, 0.717) is 29.5 Å². The lowest BCUT2D eigenvalue weighted by molar-refractivity contribution is -0.140. The van der Waals surface area contributed by atoms with Gasteiger partial charge in [-0.1, -0.05) is 32.3 Å². The number of carbonyl (C=O) groups excluding carboxylic acids is 1. The highest BCUT2D eigenvalue weighted by Gasteiger charge is 2.41. The maximum atomic E-state index is 11.2. The van der Waals surface area contributed by atoms with Crippen molar-refractivity contribution in [3.05, 3.63) is 11.7 Å². The van der Waals surface area contributed by atoms with E-state index in [1.54, 1.807) is 0 Å². The summed E-state index contributed by atoms with van der Waals surface area (Å²) >= 11 is 0. The Morgan fingerprint density at radius 1 is 1.43 bits per heavy atom. The quantitative estimate of drug-likeness (QED) is 0.809. The number of ether oxygens (including phenoxy) is 1. The maximum absolute atomic E-state index is 11.2. The minimum Gasteiger partial charge on any atom is -0.469 e. The fraction of sp³-hybridized carbons (Fsp3) is 0.824.